The SMILES string of the molecule is CCOc1cc(OCC)c(CCc2cn[nH]n2)cc1Cl. The monoisotopic (exact) mass is 295 g/mol. The van der Waals surface area contributed by atoms with Crippen molar-refractivity contribution < 1.29 is 9.47 Å². The van der Waals surface area contributed by atoms with E-state index in [0.717, 1.165) is 29.8 Å². The summed E-state index contributed by atoms with van der Waals surface area (Å²) in [7, 11) is 0. The summed E-state index contributed by atoms with van der Waals surface area (Å²) >= 11 is 6.23. The van der Waals surface area contributed by atoms with Gasteiger partial charge >= 0.3 is 0 Å². The van der Waals surface area contributed by atoms with Gasteiger partial charge in [-0.1, -0.05) is 11.6 Å². The highest BCUT2D eigenvalue weighted by atomic mass is 35.5. The fourth-order valence-corrected chi connectivity index (χ4v) is 2.18. The van der Waals surface area contributed by atoms with Crippen LogP contribution in [-0.4, -0.2) is 28.6 Å². The smallest absolute Gasteiger partial charge is 0.141 e. The highest BCUT2D eigenvalue weighted by molar-refractivity contribution is 6.32. The Morgan fingerprint density at radius 3 is 2.50 bits per heavy atom. The van der Waals surface area contributed by atoms with Crippen molar-refractivity contribution in [1.29, 1.82) is 0 Å². The number of aromatic nitrogens is 3. The number of nitrogens with one attached hydrogen (secondary N) is 1. The molecular weight excluding hydrogens is 278 g/mol. The molecule has 0 aliphatic carbocycles. The van der Waals surface area contributed by atoms with Gasteiger partial charge in [0.1, 0.15) is 11.5 Å². The number of ether oxygens (including phenoxy) is 2. The Morgan fingerprint density at radius 1 is 1.10 bits per heavy atom. The van der Waals surface area contributed by atoms with Crippen molar-refractivity contribution in [3.05, 3.63) is 34.6 Å². The number of hydrogen-bond donors (Lipinski definition) is 1. The van der Waals surface area contributed by atoms with Crippen LogP contribution in [0.15, 0.2) is 18.3 Å². The lowest BCUT2D eigenvalue weighted by molar-refractivity contribution is 0.321. The zero-order valence-electron chi connectivity index (χ0n) is 11.6. The van der Waals surface area contributed by atoms with Gasteiger partial charge in [0.25, 0.3) is 0 Å². The van der Waals surface area contributed by atoms with Gasteiger partial charge in [-0.25, -0.2) is 0 Å². The molecule has 0 aliphatic rings. The maximum Gasteiger partial charge on any atom is 0.141 e. The Bertz CT molecular complexity index is 544. The van der Waals surface area contributed by atoms with E-state index in [2.05, 4.69) is 15.4 Å². The molecule has 0 aliphatic heterocycles. The summed E-state index contributed by atoms with van der Waals surface area (Å²) in [6.07, 6.45) is 3.28. The fraction of sp³-hybridized carbons (Fsp3) is 0.429. The molecule has 0 bridgehead atoms. The number of H-pyrrole nitrogens is 1. The van der Waals surface area contributed by atoms with Crippen molar-refractivity contribution in [2.75, 3.05) is 13.2 Å². The van der Waals surface area contributed by atoms with Crippen LogP contribution in [-0.2, 0) is 12.8 Å². The average molecular weight is 296 g/mol. The first-order chi connectivity index (χ1) is 9.74. The number of aryl methyl sites for hydroxylation is 2. The zero-order chi connectivity index (χ0) is 14.4. The lowest BCUT2D eigenvalue weighted by atomic mass is 10.1. The van der Waals surface area contributed by atoms with Crippen LogP contribution >= 0.6 is 11.6 Å². The predicted octanol–water partition coefficient (Wildman–Crippen LogP) is 3.04. The maximum atomic E-state index is 6.23. The zero-order valence-corrected chi connectivity index (χ0v) is 12.4. The summed E-state index contributed by atoms with van der Waals surface area (Å²) < 4.78 is 11.2. The molecule has 1 aromatic heterocycles. The number of hydrogen-bond acceptors (Lipinski definition) is 4. The molecule has 0 saturated heterocycles. The molecule has 2 rings (SSSR count). The molecule has 0 atom stereocenters. The molecule has 1 heterocycles. The van der Waals surface area contributed by atoms with Crippen molar-refractivity contribution in [2.45, 2.75) is 26.7 Å². The van der Waals surface area contributed by atoms with E-state index in [4.69, 9.17) is 21.1 Å². The van der Waals surface area contributed by atoms with Gasteiger partial charge in [0.15, 0.2) is 0 Å². The van der Waals surface area contributed by atoms with E-state index in [1.165, 1.54) is 0 Å². The molecule has 1 aromatic carbocycles. The Hall–Kier alpha value is -1.75. The van der Waals surface area contributed by atoms with Crippen LogP contribution in [0.25, 0.3) is 0 Å². The van der Waals surface area contributed by atoms with Crippen molar-refractivity contribution in [3.63, 3.8) is 0 Å². The predicted molar refractivity (Wildman–Crippen MR) is 77.6 cm³/mol. The molecule has 5 nitrogen and oxygen atoms in total. The number of aromatic amines is 1. The van der Waals surface area contributed by atoms with Gasteiger partial charge in [-0.3, -0.25) is 0 Å². The highest BCUT2D eigenvalue weighted by Crippen LogP contribution is 2.33. The van der Waals surface area contributed by atoms with Crippen molar-refractivity contribution >= 4 is 11.6 Å². The minimum absolute atomic E-state index is 0.573. The second-order valence-electron chi connectivity index (χ2n) is 4.22. The van der Waals surface area contributed by atoms with Gasteiger partial charge in [0.2, 0.25) is 0 Å². The minimum atomic E-state index is 0.573. The van der Waals surface area contributed by atoms with E-state index in [0.29, 0.717) is 24.0 Å². The van der Waals surface area contributed by atoms with Crippen LogP contribution in [0.3, 0.4) is 0 Å². The summed E-state index contributed by atoms with van der Waals surface area (Å²) in [5.41, 5.74) is 1.96. The summed E-state index contributed by atoms with van der Waals surface area (Å²) in [6.45, 7) is 5.05. The molecular formula is C14H18ClN3O2. The lowest BCUT2D eigenvalue weighted by Gasteiger charge is -2.13. The van der Waals surface area contributed by atoms with E-state index in [9.17, 15) is 0 Å². The van der Waals surface area contributed by atoms with Gasteiger partial charge in [-0.05, 0) is 38.3 Å². The molecule has 0 spiro atoms. The average Bonchev–Trinajstić information content (AvgIpc) is 2.94. The third-order valence-electron chi connectivity index (χ3n) is 2.83. The van der Waals surface area contributed by atoms with E-state index < -0.39 is 0 Å². The van der Waals surface area contributed by atoms with Gasteiger partial charge in [0, 0.05) is 6.07 Å². The molecule has 0 fully saturated rings. The molecule has 0 radical (unpaired) electrons. The van der Waals surface area contributed by atoms with Crippen LogP contribution in [0, 0.1) is 0 Å². The lowest BCUT2D eigenvalue weighted by Crippen LogP contribution is -2.01. The Kier molecular flexibility index (Phi) is 5.24. The molecule has 0 amide bonds. The largest absolute Gasteiger partial charge is 0.493 e. The van der Waals surface area contributed by atoms with Gasteiger partial charge < -0.3 is 9.47 Å². The van der Waals surface area contributed by atoms with E-state index in [1.54, 1.807) is 6.20 Å². The van der Waals surface area contributed by atoms with Crippen LogP contribution < -0.4 is 9.47 Å². The first-order valence-electron chi connectivity index (χ1n) is 6.67. The molecule has 2 aromatic rings. The van der Waals surface area contributed by atoms with Crippen LogP contribution in [0.2, 0.25) is 5.02 Å². The molecule has 0 unspecified atom stereocenters. The third-order valence-corrected chi connectivity index (χ3v) is 3.13. The second kappa shape index (κ2) is 7.14. The molecule has 1 N–H and O–H groups in total. The third kappa shape index (κ3) is 3.63. The summed E-state index contributed by atoms with van der Waals surface area (Å²) in [4.78, 5) is 0. The molecule has 0 saturated carbocycles. The summed E-state index contributed by atoms with van der Waals surface area (Å²) in [5, 5.41) is 11.0. The van der Waals surface area contributed by atoms with Crippen LogP contribution in [0.1, 0.15) is 25.1 Å². The fourth-order valence-electron chi connectivity index (χ4n) is 1.94. The topological polar surface area (TPSA) is 60.0 Å². The van der Waals surface area contributed by atoms with Gasteiger partial charge in [-0.2, -0.15) is 15.4 Å². The molecule has 6 heteroatoms. The quantitative estimate of drug-likeness (QED) is 0.853. The standard InChI is InChI=1S/C14H18ClN3O2/c1-3-19-13-8-14(20-4-2)12(15)7-10(13)5-6-11-9-16-18-17-11/h7-9H,3-6H2,1-2H3,(H,16,17,18). The Balaban J connectivity index is 2.18. The van der Waals surface area contributed by atoms with E-state index in [-0.39, 0.29) is 0 Å². The summed E-state index contributed by atoms with van der Waals surface area (Å²) in [5.74, 6) is 1.46. The van der Waals surface area contributed by atoms with E-state index in [1.807, 2.05) is 26.0 Å². The van der Waals surface area contributed by atoms with Gasteiger partial charge in [0.05, 0.1) is 30.1 Å². The highest BCUT2D eigenvalue weighted by Gasteiger charge is 2.11. The van der Waals surface area contributed by atoms with Crippen LogP contribution in [0.4, 0.5) is 0 Å². The van der Waals surface area contributed by atoms with Crippen molar-refractivity contribution in [3.8, 4) is 11.5 Å². The number of nitrogens with zero attached hydrogens (tertiary/aromatic N) is 2. The maximum absolute atomic E-state index is 6.23. The number of halogens is 1. The first-order valence-corrected chi connectivity index (χ1v) is 7.05. The number of rotatable bonds is 7. The first kappa shape index (κ1) is 14.7. The molecule has 108 valence electrons. The van der Waals surface area contributed by atoms with Crippen molar-refractivity contribution in [1.82, 2.24) is 15.4 Å². The normalized spacial score (nSPS) is 10.6. The molecule has 20 heavy (non-hydrogen) atoms. The van der Waals surface area contributed by atoms with Crippen molar-refractivity contribution in [2.24, 2.45) is 0 Å². The Morgan fingerprint density at radius 2 is 1.85 bits per heavy atom. The van der Waals surface area contributed by atoms with Gasteiger partial charge in [-0.15, -0.1) is 0 Å². The summed E-state index contributed by atoms with van der Waals surface area (Å²) in [6, 6.07) is 3.76. The minimum Gasteiger partial charge on any atom is -0.493 e. The Labute approximate surface area is 123 Å². The second-order valence-corrected chi connectivity index (χ2v) is 4.62. The van der Waals surface area contributed by atoms with Crippen LogP contribution in [0.5, 0.6) is 11.5 Å². The number of benzene rings is 1. The van der Waals surface area contributed by atoms with E-state index >= 15 is 0 Å².